The molecule has 3 aromatic carbocycles. The first-order chi connectivity index (χ1) is 14.1. The zero-order valence-electron chi connectivity index (χ0n) is 15.9. The third-order valence-electron chi connectivity index (χ3n) is 5.15. The van der Waals surface area contributed by atoms with Crippen LogP contribution in [0.2, 0.25) is 0 Å². The Bertz CT molecular complexity index is 982. The van der Waals surface area contributed by atoms with Crippen molar-refractivity contribution in [1.29, 1.82) is 0 Å². The number of likely N-dealkylation sites (tertiary alicyclic amines) is 1. The lowest BCUT2D eigenvalue weighted by Crippen LogP contribution is -2.36. The molecule has 1 saturated heterocycles. The van der Waals surface area contributed by atoms with Gasteiger partial charge in [0.05, 0.1) is 0 Å². The van der Waals surface area contributed by atoms with Crippen LogP contribution in [0.4, 0.5) is 0 Å². The van der Waals surface area contributed by atoms with Gasteiger partial charge in [-0.15, -0.1) is 0 Å². The summed E-state index contributed by atoms with van der Waals surface area (Å²) < 4.78 is 0. The van der Waals surface area contributed by atoms with Crippen molar-refractivity contribution >= 4 is 17.4 Å². The van der Waals surface area contributed by atoms with E-state index in [1.54, 1.807) is 29.2 Å². The number of aliphatic hydroxyl groups excluding tert-OH is 1. The summed E-state index contributed by atoms with van der Waals surface area (Å²) in [6.07, 6.45) is 0.407. The SMILES string of the molecule is O=C1/C(=C(\O)c2ccccc2)C(=O)N(Cc2ccccc2)[C@H]1Cc1ccccc1. The Labute approximate surface area is 169 Å². The average Bonchev–Trinajstić information content (AvgIpc) is 2.99. The highest BCUT2D eigenvalue weighted by Gasteiger charge is 2.45. The van der Waals surface area contributed by atoms with Crippen LogP contribution < -0.4 is 0 Å². The summed E-state index contributed by atoms with van der Waals surface area (Å²) in [6, 6.07) is 27.3. The van der Waals surface area contributed by atoms with Crippen LogP contribution in [0.3, 0.4) is 0 Å². The number of aliphatic hydroxyl groups is 1. The fourth-order valence-corrected chi connectivity index (χ4v) is 3.66. The topological polar surface area (TPSA) is 57.6 Å². The molecule has 1 fully saturated rings. The van der Waals surface area contributed by atoms with Crippen molar-refractivity contribution in [2.75, 3.05) is 0 Å². The predicted molar refractivity (Wildman–Crippen MR) is 112 cm³/mol. The van der Waals surface area contributed by atoms with E-state index in [0.717, 1.165) is 11.1 Å². The first kappa shape index (κ1) is 18.7. The van der Waals surface area contributed by atoms with E-state index in [-0.39, 0.29) is 17.1 Å². The van der Waals surface area contributed by atoms with Gasteiger partial charge in [-0.05, 0) is 11.1 Å². The van der Waals surface area contributed by atoms with Gasteiger partial charge < -0.3 is 10.0 Å². The summed E-state index contributed by atoms with van der Waals surface area (Å²) in [7, 11) is 0. The molecule has 1 atom stereocenters. The predicted octanol–water partition coefficient (Wildman–Crippen LogP) is 4.18. The van der Waals surface area contributed by atoms with Crippen molar-refractivity contribution < 1.29 is 14.7 Å². The Hall–Kier alpha value is -3.66. The molecule has 0 saturated carbocycles. The van der Waals surface area contributed by atoms with Gasteiger partial charge >= 0.3 is 0 Å². The number of nitrogens with zero attached hydrogens (tertiary/aromatic N) is 1. The third kappa shape index (κ3) is 3.83. The second-order valence-electron chi connectivity index (χ2n) is 7.08. The first-order valence-corrected chi connectivity index (χ1v) is 9.57. The molecule has 0 spiro atoms. The van der Waals surface area contributed by atoms with Crippen LogP contribution in [0.1, 0.15) is 16.7 Å². The van der Waals surface area contributed by atoms with Crippen LogP contribution >= 0.6 is 0 Å². The molecule has 3 aromatic rings. The van der Waals surface area contributed by atoms with Gasteiger partial charge in [0.1, 0.15) is 17.4 Å². The normalized spacial score (nSPS) is 18.2. The van der Waals surface area contributed by atoms with Crippen molar-refractivity contribution in [3.63, 3.8) is 0 Å². The minimum Gasteiger partial charge on any atom is -0.506 e. The summed E-state index contributed by atoms with van der Waals surface area (Å²) in [5.41, 5.74) is 2.24. The van der Waals surface area contributed by atoms with Crippen LogP contribution in [0.5, 0.6) is 0 Å². The maximum atomic E-state index is 13.3. The number of hydrogen-bond donors (Lipinski definition) is 1. The lowest BCUT2D eigenvalue weighted by Gasteiger charge is -2.23. The minimum absolute atomic E-state index is 0.131. The Kier molecular flexibility index (Phi) is 5.25. The number of carbonyl (C=O) groups excluding carboxylic acids is 2. The van der Waals surface area contributed by atoms with Gasteiger partial charge in [0, 0.05) is 18.5 Å². The quantitative estimate of drug-likeness (QED) is 0.409. The molecule has 4 nitrogen and oxygen atoms in total. The molecule has 144 valence electrons. The van der Waals surface area contributed by atoms with Crippen LogP contribution in [-0.4, -0.2) is 27.7 Å². The molecule has 0 bridgehead atoms. The zero-order chi connectivity index (χ0) is 20.2. The van der Waals surface area contributed by atoms with E-state index in [4.69, 9.17) is 0 Å². The highest BCUT2D eigenvalue weighted by molar-refractivity contribution is 6.30. The number of amides is 1. The number of ketones is 1. The second kappa shape index (κ2) is 8.15. The van der Waals surface area contributed by atoms with E-state index < -0.39 is 11.9 Å². The maximum Gasteiger partial charge on any atom is 0.262 e. The molecule has 0 radical (unpaired) electrons. The molecule has 4 rings (SSSR count). The molecular weight excluding hydrogens is 362 g/mol. The molecule has 1 heterocycles. The standard InChI is InChI=1S/C25H21NO3/c27-23(20-14-8-3-9-15-20)22-24(28)21(16-18-10-4-1-5-11-18)26(25(22)29)17-19-12-6-2-7-13-19/h1-15,21,27H,16-17H2/b23-22+/t21-/m0/s1. The van der Waals surface area contributed by atoms with Crippen molar-refractivity contribution in [1.82, 2.24) is 4.90 Å². The molecule has 0 unspecified atom stereocenters. The van der Waals surface area contributed by atoms with Gasteiger partial charge in [-0.1, -0.05) is 91.0 Å². The molecule has 0 aromatic heterocycles. The zero-order valence-corrected chi connectivity index (χ0v) is 15.9. The summed E-state index contributed by atoms with van der Waals surface area (Å²) >= 11 is 0. The van der Waals surface area contributed by atoms with Gasteiger partial charge in [0.15, 0.2) is 5.78 Å². The average molecular weight is 383 g/mol. The molecule has 1 N–H and O–H groups in total. The number of Topliss-reactive ketones (excluding diaryl/α,β-unsaturated/α-hetero) is 1. The summed E-state index contributed by atoms with van der Waals surface area (Å²) in [6.45, 7) is 0.314. The fourth-order valence-electron chi connectivity index (χ4n) is 3.66. The number of hydrogen-bond acceptors (Lipinski definition) is 3. The maximum absolute atomic E-state index is 13.3. The Morgan fingerprint density at radius 2 is 1.28 bits per heavy atom. The Balaban J connectivity index is 1.74. The Morgan fingerprint density at radius 1 is 0.759 bits per heavy atom. The van der Waals surface area contributed by atoms with E-state index in [9.17, 15) is 14.7 Å². The highest BCUT2D eigenvalue weighted by atomic mass is 16.3. The van der Waals surface area contributed by atoms with Gasteiger partial charge in [-0.2, -0.15) is 0 Å². The minimum atomic E-state index is -0.647. The van der Waals surface area contributed by atoms with Gasteiger partial charge in [-0.3, -0.25) is 9.59 Å². The first-order valence-electron chi connectivity index (χ1n) is 9.57. The van der Waals surface area contributed by atoms with Crippen molar-refractivity contribution in [3.8, 4) is 0 Å². The van der Waals surface area contributed by atoms with Crippen molar-refractivity contribution in [2.24, 2.45) is 0 Å². The van der Waals surface area contributed by atoms with Crippen LogP contribution in [0.15, 0.2) is 96.6 Å². The molecule has 1 amide bonds. The summed E-state index contributed by atoms with van der Waals surface area (Å²) in [5.74, 6) is -1.02. The van der Waals surface area contributed by atoms with Crippen LogP contribution in [-0.2, 0) is 22.6 Å². The summed E-state index contributed by atoms with van der Waals surface area (Å²) in [4.78, 5) is 28.0. The van der Waals surface area contributed by atoms with Gasteiger partial charge in [0.2, 0.25) is 0 Å². The van der Waals surface area contributed by atoms with Crippen molar-refractivity contribution in [3.05, 3.63) is 113 Å². The number of carbonyl (C=O) groups is 2. The van der Waals surface area contributed by atoms with Gasteiger partial charge in [0.25, 0.3) is 5.91 Å². The van der Waals surface area contributed by atoms with E-state index >= 15 is 0 Å². The molecular formula is C25H21NO3. The smallest absolute Gasteiger partial charge is 0.262 e. The van der Waals surface area contributed by atoms with Crippen molar-refractivity contribution in [2.45, 2.75) is 19.0 Å². The largest absolute Gasteiger partial charge is 0.506 e. The molecule has 4 heteroatoms. The van der Waals surface area contributed by atoms with E-state index in [1.165, 1.54) is 0 Å². The third-order valence-corrected chi connectivity index (χ3v) is 5.15. The summed E-state index contributed by atoms with van der Waals surface area (Å²) in [5, 5.41) is 10.7. The molecule has 29 heavy (non-hydrogen) atoms. The van der Waals surface area contributed by atoms with Gasteiger partial charge in [-0.25, -0.2) is 0 Å². The number of rotatable bonds is 5. The molecule has 0 aliphatic carbocycles. The molecule has 1 aliphatic rings. The van der Waals surface area contributed by atoms with Crippen LogP contribution in [0, 0.1) is 0 Å². The van der Waals surface area contributed by atoms with E-state index in [0.29, 0.717) is 18.5 Å². The second-order valence-corrected chi connectivity index (χ2v) is 7.08. The number of benzene rings is 3. The lowest BCUT2D eigenvalue weighted by molar-refractivity contribution is -0.127. The lowest BCUT2D eigenvalue weighted by atomic mass is 9.99. The Morgan fingerprint density at radius 3 is 1.86 bits per heavy atom. The fraction of sp³-hybridized carbons (Fsp3) is 0.120. The highest BCUT2D eigenvalue weighted by Crippen LogP contribution is 2.30. The molecule has 1 aliphatic heterocycles. The van der Waals surface area contributed by atoms with E-state index in [2.05, 4.69) is 0 Å². The van der Waals surface area contributed by atoms with E-state index in [1.807, 2.05) is 66.7 Å². The van der Waals surface area contributed by atoms with Crippen LogP contribution in [0.25, 0.3) is 5.76 Å². The monoisotopic (exact) mass is 383 g/mol.